The van der Waals surface area contributed by atoms with Gasteiger partial charge in [-0.2, -0.15) is 0 Å². The molecule has 1 aromatic heterocycles. The van der Waals surface area contributed by atoms with Crippen molar-refractivity contribution in [2.24, 2.45) is 0 Å². The van der Waals surface area contributed by atoms with Crippen molar-refractivity contribution in [3.05, 3.63) is 35.1 Å². The summed E-state index contributed by atoms with van der Waals surface area (Å²) in [4.78, 5) is 10.5. The molecular weight excluding hydrogens is 272 g/mol. The second kappa shape index (κ2) is 6.14. The molecule has 0 fully saturated rings. The Kier molecular flexibility index (Phi) is 4.30. The van der Waals surface area contributed by atoms with E-state index in [2.05, 4.69) is 15.5 Å². The summed E-state index contributed by atoms with van der Waals surface area (Å²) in [6, 6.07) is 6.88. The molecule has 0 aliphatic rings. The zero-order valence-electron chi connectivity index (χ0n) is 9.86. The molecule has 7 nitrogen and oxygen atoms in total. The van der Waals surface area contributed by atoms with E-state index in [1.807, 2.05) is 0 Å². The molecule has 0 aliphatic carbocycles. The summed E-state index contributed by atoms with van der Waals surface area (Å²) in [6.45, 7) is 0.371. The predicted molar refractivity (Wildman–Crippen MR) is 65.9 cm³/mol. The van der Waals surface area contributed by atoms with Gasteiger partial charge < -0.3 is 9.84 Å². The zero-order chi connectivity index (χ0) is 13.7. The number of rotatable bonds is 6. The molecule has 0 spiro atoms. The summed E-state index contributed by atoms with van der Waals surface area (Å²) < 4.78 is 6.89. The molecule has 0 radical (unpaired) electrons. The summed E-state index contributed by atoms with van der Waals surface area (Å²) in [7, 11) is 0. The minimum atomic E-state index is -0.903. The lowest BCUT2D eigenvalue weighted by Gasteiger charge is -2.06. The lowest BCUT2D eigenvalue weighted by molar-refractivity contribution is -0.137. The Bertz CT molecular complexity index is 555. The number of halogens is 1. The van der Waals surface area contributed by atoms with Crippen LogP contribution in [0.2, 0.25) is 5.02 Å². The van der Waals surface area contributed by atoms with Crippen molar-refractivity contribution in [3.8, 4) is 5.75 Å². The number of aryl methyl sites for hydroxylation is 1. The highest BCUT2D eigenvalue weighted by atomic mass is 35.5. The number of aromatic nitrogens is 4. The first-order valence-electron chi connectivity index (χ1n) is 5.50. The molecule has 8 heteroatoms. The number of aliphatic carboxylic acids is 1. The third-order valence-electron chi connectivity index (χ3n) is 2.33. The highest BCUT2D eigenvalue weighted by Gasteiger charge is 2.08. The first-order valence-corrected chi connectivity index (χ1v) is 5.88. The molecule has 0 unspecified atom stereocenters. The molecule has 100 valence electrons. The van der Waals surface area contributed by atoms with Crippen LogP contribution in [0.4, 0.5) is 0 Å². The standard InChI is InChI=1S/C11H11ClN4O3/c12-8-1-3-9(4-2-8)19-7-10-13-14-15-16(10)6-5-11(17)18/h1-4H,5-7H2,(H,17,18). The van der Waals surface area contributed by atoms with Crippen LogP contribution in [0.5, 0.6) is 5.75 Å². The second-order valence-electron chi connectivity index (χ2n) is 3.70. The minimum absolute atomic E-state index is 0.0427. The summed E-state index contributed by atoms with van der Waals surface area (Å²) in [6.07, 6.45) is -0.0427. The van der Waals surface area contributed by atoms with Crippen molar-refractivity contribution in [1.29, 1.82) is 0 Å². The Morgan fingerprint density at radius 3 is 2.79 bits per heavy atom. The van der Waals surface area contributed by atoms with Crippen LogP contribution in [0.15, 0.2) is 24.3 Å². The monoisotopic (exact) mass is 282 g/mol. The summed E-state index contributed by atoms with van der Waals surface area (Å²) in [5.41, 5.74) is 0. The van der Waals surface area contributed by atoms with Crippen LogP contribution in [0, 0.1) is 0 Å². The molecule has 1 aromatic carbocycles. The van der Waals surface area contributed by atoms with Crippen LogP contribution >= 0.6 is 11.6 Å². The van der Waals surface area contributed by atoms with Crippen molar-refractivity contribution in [1.82, 2.24) is 20.2 Å². The molecule has 0 atom stereocenters. The smallest absolute Gasteiger partial charge is 0.305 e. The largest absolute Gasteiger partial charge is 0.486 e. The Hall–Kier alpha value is -2.15. The first kappa shape index (κ1) is 13.3. The van der Waals surface area contributed by atoms with Crippen LogP contribution < -0.4 is 4.74 Å². The number of carbonyl (C=O) groups is 1. The third kappa shape index (κ3) is 3.92. The zero-order valence-corrected chi connectivity index (χ0v) is 10.6. The molecule has 2 aromatic rings. The van der Waals surface area contributed by atoms with Crippen molar-refractivity contribution >= 4 is 17.6 Å². The summed E-state index contributed by atoms with van der Waals surface area (Å²) in [5.74, 6) is 0.202. The van der Waals surface area contributed by atoms with Gasteiger partial charge in [-0.3, -0.25) is 4.79 Å². The Labute approximate surface area is 113 Å². The van der Waals surface area contributed by atoms with Crippen LogP contribution in [-0.2, 0) is 17.9 Å². The number of carboxylic acids is 1. The topological polar surface area (TPSA) is 90.1 Å². The fourth-order valence-electron chi connectivity index (χ4n) is 1.38. The SMILES string of the molecule is O=C(O)CCn1nnnc1COc1ccc(Cl)cc1. The molecule has 0 saturated heterocycles. The fraction of sp³-hybridized carbons (Fsp3) is 0.273. The van der Waals surface area contributed by atoms with E-state index in [9.17, 15) is 4.79 Å². The highest BCUT2D eigenvalue weighted by Crippen LogP contribution is 2.16. The molecular formula is C11H11ClN4O3. The Morgan fingerprint density at radius 2 is 2.11 bits per heavy atom. The highest BCUT2D eigenvalue weighted by molar-refractivity contribution is 6.30. The van der Waals surface area contributed by atoms with Crippen LogP contribution in [0.3, 0.4) is 0 Å². The number of hydrogen-bond donors (Lipinski definition) is 1. The molecule has 0 saturated carbocycles. The molecule has 0 aliphatic heterocycles. The van der Waals surface area contributed by atoms with Gasteiger partial charge in [-0.05, 0) is 34.7 Å². The quantitative estimate of drug-likeness (QED) is 0.861. The maximum atomic E-state index is 10.5. The Balaban J connectivity index is 1.94. The third-order valence-corrected chi connectivity index (χ3v) is 2.58. The summed E-state index contributed by atoms with van der Waals surface area (Å²) >= 11 is 5.76. The number of ether oxygens (including phenoxy) is 1. The van der Waals surface area contributed by atoms with Crippen molar-refractivity contribution in [2.75, 3.05) is 0 Å². The van der Waals surface area contributed by atoms with E-state index in [1.165, 1.54) is 4.68 Å². The van der Waals surface area contributed by atoms with Crippen molar-refractivity contribution in [3.63, 3.8) is 0 Å². The van der Waals surface area contributed by atoms with Gasteiger partial charge in [0.2, 0.25) is 0 Å². The maximum absolute atomic E-state index is 10.5. The van der Waals surface area contributed by atoms with Crippen molar-refractivity contribution in [2.45, 2.75) is 19.6 Å². The minimum Gasteiger partial charge on any atom is -0.486 e. The van der Waals surface area contributed by atoms with E-state index in [-0.39, 0.29) is 19.6 Å². The van der Waals surface area contributed by atoms with E-state index in [0.717, 1.165) is 0 Å². The number of benzene rings is 1. The number of carboxylic acid groups (broad SMARTS) is 1. The summed E-state index contributed by atoms with van der Waals surface area (Å²) in [5, 5.41) is 20.2. The fourth-order valence-corrected chi connectivity index (χ4v) is 1.51. The van der Waals surface area contributed by atoms with E-state index >= 15 is 0 Å². The molecule has 1 N–H and O–H groups in total. The van der Waals surface area contributed by atoms with Gasteiger partial charge in [-0.15, -0.1) is 5.10 Å². The maximum Gasteiger partial charge on any atom is 0.305 e. The normalized spacial score (nSPS) is 10.4. The number of hydrogen-bond acceptors (Lipinski definition) is 5. The average molecular weight is 283 g/mol. The van der Waals surface area contributed by atoms with E-state index in [1.54, 1.807) is 24.3 Å². The van der Waals surface area contributed by atoms with E-state index in [4.69, 9.17) is 21.4 Å². The first-order chi connectivity index (χ1) is 9.15. The molecule has 1 heterocycles. The van der Waals surface area contributed by atoms with Gasteiger partial charge >= 0.3 is 5.97 Å². The lowest BCUT2D eigenvalue weighted by atomic mass is 10.3. The van der Waals surface area contributed by atoms with E-state index < -0.39 is 5.97 Å². The van der Waals surface area contributed by atoms with Gasteiger partial charge in [0.05, 0.1) is 13.0 Å². The Morgan fingerprint density at radius 1 is 1.37 bits per heavy atom. The molecule has 0 amide bonds. The van der Waals surface area contributed by atoms with Gasteiger partial charge in [0, 0.05) is 5.02 Å². The van der Waals surface area contributed by atoms with Gasteiger partial charge in [-0.25, -0.2) is 4.68 Å². The van der Waals surface area contributed by atoms with Crippen LogP contribution in [-0.4, -0.2) is 31.3 Å². The average Bonchev–Trinajstić information content (AvgIpc) is 2.83. The number of nitrogens with zero attached hydrogens (tertiary/aromatic N) is 4. The predicted octanol–water partition coefficient (Wildman–Crippen LogP) is 1.38. The van der Waals surface area contributed by atoms with Gasteiger partial charge in [0.25, 0.3) is 0 Å². The van der Waals surface area contributed by atoms with Gasteiger partial charge in [-0.1, -0.05) is 11.6 Å². The second-order valence-corrected chi connectivity index (χ2v) is 4.14. The lowest BCUT2D eigenvalue weighted by Crippen LogP contribution is -2.11. The van der Waals surface area contributed by atoms with Gasteiger partial charge in [0.15, 0.2) is 5.82 Å². The molecule has 2 rings (SSSR count). The van der Waals surface area contributed by atoms with Crippen LogP contribution in [0.1, 0.15) is 12.2 Å². The number of tetrazole rings is 1. The van der Waals surface area contributed by atoms with Crippen LogP contribution in [0.25, 0.3) is 0 Å². The van der Waals surface area contributed by atoms with Gasteiger partial charge in [0.1, 0.15) is 12.4 Å². The van der Waals surface area contributed by atoms with E-state index in [0.29, 0.717) is 16.6 Å². The van der Waals surface area contributed by atoms with Crippen molar-refractivity contribution < 1.29 is 14.6 Å². The molecule has 0 bridgehead atoms. The molecule has 19 heavy (non-hydrogen) atoms.